The highest BCUT2D eigenvalue weighted by Crippen LogP contribution is 2.19. The van der Waals surface area contributed by atoms with Gasteiger partial charge in [-0.1, -0.05) is 347 Å². The van der Waals surface area contributed by atoms with Crippen LogP contribution in [0.2, 0.25) is 0 Å². The first-order chi connectivity index (χ1) is 37.5. The third kappa shape index (κ3) is 61.8. The molecule has 0 aromatic carbocycles. The van der Waals surface area contributed by atoms with Gasteiger partial charge in [0.05, 0.1) is 25.4 Å². The van der Waals surface area contributed by atoms with E-state index >= 15 is 0 Å². The van der Waals surface area contributed by atoms with Crippen LogP contribution in [0.5, 0.6) is 0 Å². The summed E-state index contributed by atoms with van der Waals surface area (Å²) in [5.41, 5.74) is 0. The monoisotopic (exact) mass is 1070 g/mol. The molecule has 0 fully saturated rings. The molecule has 0 aliphatic heterocycles. The predicted octanol–water partition coefficient (Wildman–Crippen LogP) is 22.4. The van der Waals surface area contributed by atoms with Crippen LogP contribution in [0.15, 0.2) is 12.2 Å². The van der Waals surface area contributed by atoms with Gasteiger partial charge in [-0.05, 0) is 51.4 Å². The number of rotatable bonds is 66. The Morgan fingerprint density at radius 1 is 0.355 bits per heavy atom. The van der Waals surface area contributed by atoms with E-state index in [1.807, 2.05) is 0 Å². The zero-order valence-electron chi connectivity index (χ0n) is 51.8. The summed E-state index contributed by atoms with van der Waals surface area (Å²) < 4.78 is 5.50. The molecule has 0 aliphatic rings. The SMILES string of the molecule is CCCCCCCCCCCCCCCCCC(=O)OCCCCCCCCCCCCCC/C=C\CCCCCCCCCCCCCCCCC(=O)NC(CO)C(O)CCCCCCCCCCCCCCCC. The minimum atomic E-state index is -0.662. The van der Waals surface area contributed by atoms with Crippen molar-refractivity contribution in [3.8, 4) is 0 Å². The van der Waals surface area contributed by atoms with Crippen molar-refractivity contribution in [3.05, 3.63) is 12.2 Å². The predicted molar refractivity (Wildman–Crippen MR) is 333 cm³/mol. The first-order valence-corrected chi connectivity index (χ1v) is 34.9. The second kappa shape index (κ2) is 66.1. The number of unbranched alkanes of at least 4 members (excludes halogenated alkanes) is 53. The smallest absolute Gasteiger partial charge is 0.305 e. The van der Waals surface area contributed by atoms with Gasteiger partial charge in [0, 0.05) is 12.8 Å². The molecule has 0 saturated heterocycles. The number of allylic oxidation sites excluding steroid dienone is 2. The quantitative estimate of drug-likeness (QED) is 0.0320. The lowest BCUT2D eigenvalue weighted by Crippen LogP contribution is -2.45. The third-order valence-electron chi connectivity index (χ3n) is 16.6. The van der Waals surface area contributed by atoms with Gasteiger partial charge < -0.3 is 20.3 Å². The Hall–Kier alpha value is -1.40. The molecule has 0 saturated carbocycles. The van der Waals surface area contributed by atoms with Gasteiger partial charge in [-0.2, -0.15) is 0 Å². The molecule has 6 nitrogen and oxygen atoms in total. The van der Waals surface area contributed by atoms with Crippen molar-refractivity contribution in [2.45, 2.75) is 411 Å². The Labute approximate surface area is 476 Å². The van der Waals surface area contributed by atoms with Crippen molar-refractivity contribution in [1.82, 2.24) is 5.32 Å². The minimum absolute atomic E-state index is 0.0209. The average Bonchev–Trinajstić information content (AvgIpc) is 3.42. The van der Waals surface area contributed by atoms with Gasteiger partial charge in [-0.3, -0.25) is 9.59 Å². The normalized spacial score (nSPS) is 12.5. The Balaban J connectivity index is 3.34. The van der Waals surface area contributed by atoms with Crippen LogP contribution in [-0.4, -0.2) is 47.4 Å². The molecule has 2 atom stereocenters. The average molecular weight is 1070 g/mol. The Morgan fingerprint density at radius 3 is 0.934 bits per heavy atom. The number of amides is 1. The van der Waals surface area contributed by atoms with Gasteiger partial charge in [0.25, 0.3) is 0 Å². The van der Waals surface area contributed by atoms with Crippen molar-refractivity contribution < 1.29 is 24.5 Å². The molecule has 2 unspecified atom stereocenters. The van der Waals surface area contributed by atoms with Gasteiger partial charge in [0.2, 0.25) is 5.91 Å². The highest BCUT2D eigenvalue weighted by atomic mass is 16.5. The second-order valence-electron chi connectivity index (χ2n) is 24.2. The standard InChI is InChI=1S/C70H137NO5/c1-3-5-7-9-11-13-15-17-35-40-44-48-52-56-60-64-70(75)76-65-61-57-53-49-45-41-37-34-32-30-28-26-24-22-20-19-21-23-25-27-29-31-33-36-39-43-47-51-55-59-63-69(74)71-67(66-72)68(73)62-58-54-50-46-42-38-18-16-14-12-10-8-6-4-2/h20,22,67-68,72-73H,3-19,21,23-66H2,1-2H3,(H,71,74)/b22-20-. The van der Waals surface area contributed by atoms with E-state index in [9.17, 15) is 19.8 Å². The van der Waals surface area contributed by atoms with Crippen molar-refractivity contribution in [2.24, 2.45) is 0 Å². The lowest BCUT2D eigenvalue weighted by atomic mass is 10.0. The maximum atomic E-state index is 12.5. The van der Waals surface area contributed by atoms with Gasteiger partial charge in [-0.15, -0.1) is 0 Å². The van der Waals surface area contributed by atoms with Crippen molar-refractivity contribution in [1.29, 1.82) is 0 Å². The lowest BCUT2D eigenvalue weighted by Gasteiger charge is -2.22. The topological polar surface area (TPSA) is 95.9 Å². The lowest BCUT2D eigenvalue weighted by molar-refractivity contribution is -0.143. The van der Waals surface area contributed by atoms with E-state index in [1.54, 1.807) is 0 Å². The molecule has 0 spiro atoms. The number of ether oxygens (including phenoxy) is 1. The Kier molecular flexibility index (Phi) is 64.9. The van der Waals surface area contributed by atoms with Crippen LogP contribution in [0.4, 0.5) is 0 Å². The number of hydrogen-bond donors (Lipinski definition) is 3. The summed E-state index contributed by atoms with van der Waals surface area (Å²) in [4.78, 5) is 24.6. The van der Waals surface area contributed by atoms with Crippen LogP contribution in [0.25, 0.3) is 0 Å². The fourth-order valence-corrected chi connectivity index (χ4v) is 11.2. The molecule has 452 valence electrons. The van der Waals surface area contributed by atoms with Gasteiger partial charge in [0.1, 0.15) is 0 Å². The van der Waals surface area contributed by atoms with E-state index in [4.69, 9.17) is 4.74 Å². The highest BCUT2D eigenvalue weighted by Gasteiger charge is 2.20. The molecule has 76 heavy (non-hydrogen) atoms. The Bertz CT molecular complexity index is 1140. The van der Waals surface area contributed by atoms with Crippen molar-refractivity contribution in [3.63, 3.8) is 0 Å². The Morgan fingerprint density at radius 2 is 0.618 bits per heavy atom. The largest absolute Gasteiger partial charge is 0.466 e. The first kappa shape index (κ1) is 74.6. The summed E-state index contributed by atoms with van der Waals surface area (Å²) in [6.45, 7) is 4.99. The van der Waals surface area contributed by atoms with Gasteiger partial charge in [-0.25, -0.2) is 0 Å². The molecule has 0 radical (unpaired) electrons. The number of nitrogens with one attached hydrogen (secondary N) is 1. The number of carbonyl (C=O) groups excluding carboxylic acids is 2. The maximum Gasteiger partial charge on any atom is 0.305 e. The van der Waals surface area contributed by atoms with Crippen LogP contribution in [0.1, 0.15) is 399 Å². The van der Waals surface area contributed by atoms with E-state index in [2.05, 4.69) is 31.3 Å². The van der Waals surface area contributed by atoms with Crippen LogP contribution < -0.4 is 5.32 Å². The number of esters is 1. The van der Waals surface area contributed by atoms with Crippen LogP contribution >= 0.6 is 0 Å². The summed E-state index contributed by atoms with van der Waals surface area (Å²) in [7, 11) is 0. The van der Waals surface area contributed by atoms with Crippen molar-refractivity contribution >= 4 is 11.9 Å². The fraction of sp³-hybridized carbons (Fsp3) is 0.943. The number of aliphatic hydroxyl groups excluding tert-OH is 2. The zero-order chi connectivity index (χ0) is 55.0. The van der Waals surface area contributed by atoms with E-state index < -0.39 is 12.1 Å². The molecule has 0 rings (SSSR count). The maximum absolute atomic E-state index is 12.5. The number of carbonyl (C=O) groups is 2. The summed E-state index contributed by atoms with van der Waals surface area (Å²) in [5, 5.41) is 23.3. The van der Waals surface area contributed by atoms with E-state index in [0.717, 1.165) is 38.5 Å². The van der Waals surface area contributed by atoms with Gasteiger partial charge >= 0.3 is 5.97 Å². The minimum Gasteiger partial charge on any atom is -0.466 e. The summed E-state index contributed by atoms with van der Waals surface area (Å²) in [6.07, 6.45) is 81.2. The second-order valence-corrected chi connectivity index (χ2v) is 24.2. The van der Waals surface area contributed by atoms with Crippen LogP contribution in [-0.2, 0) is 14.3 Å². The summed E-state index contributed by atoms with van der Waals surface area (Å²) >= 11 is 0. The zero-order valence-corrected chi connectivity index (χ0v) is 51.8. The van der Waals surface area contributed by atoms with E-state index in [-0.39, 0.29) is 18.5 Å². The van der Waals surface area contributed by atoms with Crippen LogP contribution in [0.3, 0.4) is 0 Å². The molecule has 0 aliphatic carbocycles. The molecule has 0 aromatic heterocycles. The van der Waals surface area contributed by atoms with E-state index in [1.165, 1.54) is 327 Å². The molecule has 3 N–H and O–H groups in total. The number of aliphatic hydroxyl groups is 2. The molecular weight excluding hydrogens is 935 g/mol. The molecule has 0 aromatic rings. The highest BCUT2D eigenvalue weighted by molar-refractivity contribution is 5.76. The summed E-state index contributed by atoms with van der Waals surface area (Å²) in [5.74, 6) is -0.00976. The molecule has 0 heterocycles. The van der Waals surface area contributed by atoms with E-state index in [0.29, 0.717) is 25.9 Å². The molecule has 0 bridgehead atoms. The van der Waals surface area contributed by atoms with Gasteiger partial charge in [0.15, 0.2) is 0 Å². The third-order valence-corrected chi connectivity index (χ3v) is 16.6. The van der Waals surface area contributed by atoms with Crippen molar-refractivity contribution in [2.75, 3.05) is 13.2 Å². The number of hydrogen-bond acceptors (Lipinski definition) is 5. The molecule has 6 heteroatoms. The fourth-order valence-electron chi connectivity index (χ4n) is 11.2. The molecular formula is C70H137NO5. The summed E-state index contributed by atoms with van der Waals surface area (Å²) in [6, 6.07) is -0.539. The molecule has 1 amide bonds. The van der Waals surface area contributed by atoms with Crippen LogP contribution in [0, 0.1) is 0 Å². The first-order valence-electron chi connectivity index (χ1n) is 34.9.